The number of hydrogen-bond donors (Lipinski definition) is 5. The predicted octanol–water partition coefficient (Wildman–Crippen LogP) is 6.37. The number of benzene rings is 2. The Kier molecular flexibility index (Phi) is 9.62. The molecule has 7 N–H and O–H groups in total. The van der Waals surface area contributed by atoms with Gasteiger partial charge in [-0.3, -0.25) is 10.2 Å². The highest BCUT2D eigenvalue weighted by molar-refractivity contribution is 6.06. The molecule has 256 valence electrons. The number of unbranched alkanes of at least 4 members (excludes halogenated alkanes) is 1. The van der Waals surface area contributed by atoms with Crippen molar-refractivity contribution >= 4 is 55.6 Å². The van der Waals surface area contributed by atoms with E-state index in [4.69, 9.17) is 30.1 Å². The summed E-state index contributed by atoms with van der Waals surface area (Å²) >= 11 is 0. The Morgan fingerprint density at radius 1 is 0.680 bits per heavy atom. The first-order chi connectivity index (χ1) is 24.5. The maximum absolute atomic E-state index is 8.94. The Hall–Kier alpha value is -5.86. The van der Waals surface area contributed by atoms with E-state index in [0.29, 0.717) is 71.5 Å². The number of hydrogen-bond acceptors (Lipinski definition) is 12. The Balaban J connectivity index is 0.000000159. The van der Waals surface area contributed by atoms with Gasteiger partial charge in [0.15, 0.2) is 45.6 Å². The van der Waals surface area contributed by atoms with Gasteiger partial charge < -0.3 is 30.1 Å². The number of pyridine rings is 2. The summed E-state index contributed by atoms with van der Waals surface area (Å²) in [4.78, 5) is 17.9. The molecule has 0 spiro atoms. The van der Waals surface area contributed by atoms with E-state index in [0.717, 1.165) is 70.2 Å². The molecule has 0 saturated heterocycles. The quantitative estimate of drug-likeness (QED) is 0.0893. The third-order valence-electron chi connectivity index (χ3n) is 8.29. The van der Waals surface area contributed by atoms with Crippen LogP contribution in [0.2, 0.25) is 0 Å². The number of nitrogens with two attached hydrogens (primary N) is 2. The minimum Gasteiger partial charge on any atom is -0.440 e. The van der Waals surface area contributed by atoms with Gasteiger partial charge in [0.2, 0.25) is 0 Å². The minimum atomic E-state index is 0.0980. The zero-order valence-corrected chi connectivity index (χ0v) is 27.6. The van der Waals surface area contributed by atoms with E-state index in [1.807, 2.05) is 48.5 Å². The average Bonchev–Trinajstić information content (AvgIpc) is 3.96. The molecule has 14 nitrogen and oxygen atoms in total. The Bertz CT molecular complexity index is 2350. The number of rotatable bonds is 12. The molecule has 8 rings (SSSR count). The first-order valence-electron chi connectivity index (χ1n) is 16.7. The zero-order chi connectivity index (χ0) is 34.5. The van der Waals surface area contributed by atoms with Gasteiger partial charge in [0, 0.05) is 67.0 Å². The SMILES string of the molecule is CCCCOCCCc1nc2c(N)nc3cc(-c4ccn[nH]4)ccc3c2o1.Nc1nc2cc(-c3ccn[nH]3)ccc2c2oc(CCCO)nc12. The molecule has 2 aromatic carbocycles. The normalized spacial score (nSPS) is 11.6. The molecule has 0 aliphatic carbocycles. The van der Waals surface area contributed by atoms with Crippen LogP contribution in [0.25, 0.3) is 66.5 Å². The van der Waals surface area contributed by atoms with Crippen molar-refractivity contribution in [3.8, 4) is 22.5 Å². The highest BCUT2D eigenvalue weighted by atomic mass is 16.5. The number of nitrogen functional groups attached to an aromatic ring is 2. The molecule has 14 heteroatoms. The van der Waals surface area contributed by atoms with Crippen LogP contribution in [0.1, 0.15) is 44.4 Å². The van der Waals surface area contributed by atoms with Crippen molar-refractivity contribution in [1.29, 1.82) is 0 Å². The number of aromatic nitrogens is 8. The number of aryl methyl sites for hydroxylation is 2. The molecule has 0 aliphatic rings. The molecule has 0 aliphatic heterocycles. The zero-order valence-electron chi connectivity index (χ0n) is 27.6. The molecule has 6 heterocycles. The second-order valence-electron chi connectivity index (χ2n) is 11.9. The van der Waals surface area contributed by atoms with Crippen LogP contribution in [-0.2, 0) is 17.6 Å². The number of anilines is 2. The fourth-order valence-electron chi connectivity index (χ4n) is 5.73. The lowest BCUT2D eigenvalue weighted by atomic mass is 10.1. The molecule has 0 radical (unpaired) electrons. The lowest BCUT2D eigenvalue weighted by Gasteiger charge is -2.03. The number of aromatic amines is 2. The van der Waals surface area contributed by atoms with Crippen LogP contribution in [0.4, 0.5) is 11.6 Å². The topological polar surface area (TPSA) is 217 Å². The van der Waals surface area contributed by atoms with E-state index in [9.17, 15) is 0 Å². The summed E-state index contributed by atoms with van der Waals surface area (Å²) in [5.74, 6) is 1.96. The lowest BCUT2D eigenvalue weighted by molar-refractivity contribution is 0.128. The number of H-pyrrole nitrogens is 2. The predicted molar refractivity (Wildman–Crippen MR) is 192 cm³/mol. The summed E-state index contributed by atoms with van der Waals surface area (Å²) in [7, 11) is 0. The molecule has 0 amide bonds. The van der Waals surface area contributed by atoms with Gasteiger partial charge >= 0.3 is 0 Å². The number of aliphatic hydroxyl groups is 1. The highest BCUT2D eigenvalue weighted by Gasteiger charge is 2.16. The van der Waals surface area contributed by atoms with E-state index in [2.05, 4.69) is 47.3 Å². The largest absolute Gasteiger partial charge is 0.440 e. The van der Waals surface area contributed by atoms with Gasteiger partial charge in [0.1, 0.15) is 0 Å². The number of nitrogens with one attached hydrogen (secondary N) is 2. The molecule has 0 unspecified atom stereocenters. The van der Waals surface area contributed by atoms with Crippen LogP contribution in [-0.4, -0.2) is 65.3 Å². The van der Waals surface area contributed by atoms with Gasteiger partial charge in [-0.2, -0.15) is 10.2 Å². The van der Waals surface area contributed by atoms with Crippen LogP contribution in [0.3, 0.4) is 0 Å². The van der Waals surface area contributed by atoms with Gasteiger partial charge in [-0.1, -0.05) is 25.5 Å². The van der Waals surface area contributed by atoms with Gasteiger partial charge in [0.25, 0.3) is 0 Å². The molecular formula is C36H38N10O4. The van der Waals surface area contributed by atoms with Gasteiger partial charge in [-0.15, -0.1) is 0 Å². The fraction of sp³-hybridized carbons (Fsp3) is 0.278. The van der Waals surface area contributed by atoms with Crippen molar-refractivity contribution in [2.75, 3.05) is 31.3 Å². The van der Waals surface area contributed by atoms with Gasteiger partial charge in [0.05, 0.1) is 22.4 Å². The Morgan fingerprint density at radius 3 is 1.68 bits per heavy atom. The monoisotopic (exact) mass is 674 g/mol. The van der Waals surface area contributed by atoms with E-state index >= 15 is 0 Å². The second-order valence-corrected chi connectivity index (χ2v) is 11.9. The van der Waals surface area contributed by atoms with Crippen LogP contribution in [0.15, 0.2) is 69.8 Å². The molecule has 6 aromatic heterocycles. The van der Waals surface area contributed by atoms with Crippen molar-refractivity contribution in [3.63, 3.8) is 0 Å². The van der Waals surface area contributed by atoms with Gasteiger partial charge in [-0.25, -0.2) is 19.9 Å². The van der Waals surface area contributed by atoms with Crippen LogP contribution >= 0.6 is 0 Å². The smallest absolute Gasteiger partial charge is 0.195 e. The second kappa shape index (κ2) is 14.7. The first kappa shape index (κ1) is 32.7. The molecule has 0 saturated carbocycles. The summed E-state index contributed by atoms with van der Waals surface area (Å²) in [5.41, 5.74) is 20.0. The molecular weight excluding hydrogens is 636 g/mol. The lowest BCUT2D eigenvalue weighted by Crippen LogP contribution is -1.98. The first-order valence-corrected chi connectivity index (χ1v) is 16.7. The number of fused-ring (bicyclic) bond motifs is 6. The van der Waals surface area contributed by atoms with Crippen molar-refractivity contribution in [2.45, 2.75) is 45.4 Å². The van der Waals surface area contributed by atoms with Gasteiger partial charge in [-0.05, 0) is 55.7 Å². The van der Waals surface area contributed by atoms with Crippen LogP contribution in [0, 0.1) is 0 Å². The Morgan fingerprint density at radius 2 is 1.20 bits per heavy atom. The summed E-state index contributed by atoms with van der Waals surface area (Å²) in [6.07, 6.45) is 8.41. The van der Waals surface area contributed by atoms with E-state index in [1.54, 1.807) is 12.4 Å². The average molecular weight is 675 g/mol. The summed E-state index contributed by atoms with van der Waals surface area (Å²) in [6.45, 7) is 3.77. The fourth-order valence-corrected chi connectivity index (χ4v) is 5.73. The van der Waals surface area contributed by atoms with Crippen molar-refractivity contribution in [3.05, 3.63) is 72.7 Å². The van der Waals surface area contributed by atoms with Crippen LogP contribution in [0.5, 0.6) is 0 Å². The number of oxazole rings is 2. The van der Waals surface area contributed by atoms with E-state index < -0.39 is 0 Å². The Labute approximate surface area is 286 Å². The third-order valence-corrected chi connectivity index (χ3v) is 8.29. The molecule has 0 atom stereocenters. The number of nitrogens with zero attached hydrogens (tertiary/aromatic N) is 6. The van der Waals surface area contributed by atoms with Crippen LogP contribution < -0.4 is 11.5 Å². The molecule has 0 fully saturated rings. The molecule has 8 aromatic rings. The van der Waals surface area contributed by atoms with Crippen molar-refractivity contribution in [1.82, 2.24) is 40.3 Å². The summed E-state index contributed by atoms with van der Waals surface area (Å²) in [6, 6.07) is 15.6. The molecule has 0 bridgehead atoms. The third kappa shape index (κ3) is 6.84. The highest BCUT2D eigenvalue weighted by Crippen LogP contribution is 2.33. The maximum Gasteiger partial charge on any atom is 0.195 e. The number of ether oxygens (including phenoxy) is 1. The van der Waals surface area contributed by atoms with E-state index in [-0.39, 0.29) is 6.61 Å². The maximum atomic E-state index is 8.94. The number of aliphatic hydroxyl groups excluding tert-OH is 1. The minimum absolute atomic E-state index is 0.0980. The van der Waals surface area contributed by atoms with E-state index in [1.165, 1.54) is 0 Å². The molecule has 50 heavy (non-hydrogen) atoms. The summed E-state index contributed by atoms with van der Waals surface area (Å²) in [5, 5.41) is 24.5. The summed E-state index contributed by atoms with van der Waals surface area (Å²) < 4.78 is 17.4. The van der Waals surface area contributed by atoms with Crippen molar-refractivity contribution in [2.24, 2.45) is 0 Å². The standard InChI is InChI=1S/C20H23N5O2.C16H15N5O2/c1-2-3-10-26-11-4-5-17-24-18-19(27-17)14-7-6-13(15-8-9-22-25-15)12-16(14)23-20(18)21;17-16-14-15(23-13(20-14)2-1-7-22)10-4-3-9(8-12(10)19-16)11-5-6-18-21-11/h6-9,12H,2-5,10-11H2,1H3,(H2,21,23)(H,22,25);3-6,8,22H,1-2,7H2,(H2,17,19)(H,18,21). The van der Waals surface area contributed by atoms with Crippen molar-refractivity contribution < 1.29 is 18.7 Å².